The van der Waals surface area contributed by atoms with Crippen molar-refractivity contribution in [1.29, 1.82) is 0 Å². The van der Waals surface area contributed by atoms with E-state index in [1.807, 2.05) is 13.8 Å². The third-order valence-corrected chi connectivity index (χ3v) is 3.71. The van der Waals surface area contributed by atoms with Gasteiger partial charge in [-0.3, -0.25) is 9.59 Å². The lowest BCUT2D eigenvalue weighted by Gasteiger charge is -2.48. The van der Waals surface area contributed by atoms with Gasteiger partial charge in [0.25, 0.3) is 0 Å². The summed E-state index contributed by atoms with van der Waals surface area (Å²) in [4.78, 5) is 26.3. The Hall–Kier alpha value is -1.06. The standard InChI is InChI=1S/C14H26N2O2/c1-7-8-10(2)9-16-12(18)13(3,4)15-11(17)14(16,5)6/h10H,7-9H2,1-6H3,(H,15,17). The Bertz CT molecular complexity index is 348. The minimum absolute atomic E-state index is 0.00931. The number of piperazine rings is 1. The zero-order valence-corrected chi connectivity index (χ0v) is 12.5. The molecule has 1 aliphatic heterocycles. The molecule has 4 nitrogen and oxygen atoms in total. The highest BCUT2D eigenvalue weighted by Crippen LogP contribution is 2.27. The van der Waals surface area contributed by atoms with Gasteiger partial charge in [-0.05, 0) is 40.0 Å². The summed E-state index contributed by atoms with van der Waals surface area (Å²) in [6, 6.07) is 0. The Morgan fingerprint density at radius 1 is 1.22 bits per heavy atom. The van der Waals surface area contributed by atoms with Gasteiger partial charge < -0.3 is 10.2 Å². The van der Waals surface area contributed by atoms with Crippen LogP contribution in [-0.2, 0) is 9.59 Å². The molecule has 1 aliphatic rings. The SMILES string of the molecule is CCCC(C)CN1C(=O)C(C)(C)NC(=O)C1(C)C. The second-order valence-electron chi connectivity index (χ2n) is 6.45. The smallest absolute Gasteiger partial charge is 0.248 e. The molecule has 0 aromatic rings. The second-order valence-corrected chi connectivity index (χ2v) is 6.45. The Morgan fingerprint density at radius 3 is 2.28 bits per heavy atom. The number of hydrogen-bond acceptors (Lipinski definition) is 2. The number of carbonyl (C=O) groups excluding carboxylic acids is 2. The fourth-order valence-corrected chi connectivity index (χ4v) is 2.41. The van der Waals surface area contributed by atoms with Crippen LogP contribution in [0.1, 0.15) is 54.4 Å². The molecular weight excluding hydrogens is 228 g/mol. The van der Waals surface area contributed by atoms with Gasteiger partial charge in [0.05, 0.1) is 0 Å². The molecule has 0 aliphatic carbocycles. The fraction of sp³-hybridized carbons (Fsp3) is 0.857. The number of amides is 2. The lowest BCUT2D eigenvalue weighted by atomic mass is 9.88. The summed E-state index contributed by atoms with van der Waals surface area (Å²) >= 11 is 0. The van der Waals surface area contributed by atoms with Crippen LogP contribution in [0.2, 0.25) is 0 Å². The van der Waals surface area contributed by atoms with Crippen molar-refractivity contribution in [2.45, 2.75) is 65.5 Å². The van der Waals surface area contributed by atoms with Crippen molar-refractivity contribution in [3.63, 3.8) is 0 Å². The summed E-state index contributed by atoms with van der Waals surface area (Å²) in [5.74, 6) is 0.353. The first-order chi connectivity index (χ1) is 8.13. The van der Waals surface area contributed by atoms with Crippen LogP contribution in [0.15, 0.2) is 0 Å². The first-order valence-electron chi connectivity index (χ1n) is 6.77. The zero-order valence-electron chi connectivity index (χ0n) is 12.5. The molecule has 1 saturated heterocycles. The van der Waals surface area contributed by atoms with Crippen LogP contribution in [0.25, 0.3) is 0 Å². The van der Waals surface area contributed by atoms with Crippen molar-refractivity contribution in [3.05, 3.63) is 0 Å². The van der Waals surface area contributed by atoms with E-state index in [-0.39, 0.29) is 11.8 Å². The lowest BCUT2D eigenvalue weighted by molar-refractivity contribution is -0.160. The molecule has 1 fully saturated rings. The molecule has 0 bridgehead atoms. The highest BCUT2D eigenvalue weighted by Gasteiger charge is 2.50. The van der Waals surface area contributed by atoms with Crippen molar-refractivity contribution in [1.82, 2.24) is 10.2 Å². The predicted octanol–water partition coefficient (Wildman–Crippen LogP) is 1.94. The van der Waals surface area contributed by atoms with E-state index in [2.05, 4.69) is 19.2 Å². The quantitative estimate of drug-likeness (QED) is 0.833. The molecule has 18 heavy (non-hydrogen) atoms. The van der Waals surface area contributed by atoms with E-state index in [1.165, 1.54) is 0 Å². The van der Waals surface area contributed by atoms with E-state index in [9.17, 15) is 9.59 Å². The molecule has 4 heteroatoms. The van der Waals surface area contributed by atoms with Crippen LogP contribution in [0.4, 0.5) is 0 Å². The average molecular weight is 254 g/mol. The summed E-state index contributed by atoms with van der Waals surface area (Å²) in [6.07, 6.45) is 2.17. The first kappa shape index (κ1) is 15.0. The van der Waals surface area contributed by atoms with Crippen molar-refractivity contribution in [3.8, 4) is 0 Å². The number of nitrogens with zero attached hydrogens (tertiary/aromatic N) is 1. The molecule has 0 spiro atoms. The molecule has 2 amide bonds. The van der Waals surface area contributed by atoms with Crippen LogP contribution in [0.3, 0.4) is 0 Å². The summed E-state index contributed by atoms with van der Waals surface area (Å²) in [6.45, 7) is 12.1. The Labute approximate surface area is 110 Å². The molecule has 1 unspecified atom stereocenters. The summed E-state index contributed by atoms with van der Waals surface area (Å²) in [5.41, 5.74) is -1.55. The number of hydrogen-bond donors (Lipinski definition) is 1. The van der Waals surface area contributed by atoms with E-state index >= 15 is 0 Å². The Kier molecular flexibility index (Phi) is 4.08. The average Bonchev–Trinajstić information content (AvgIpc) is 2.22. The maximum absolute atomic E-state index is 12.5. The van der Waals surface area contributed by atoms with Gasteiger partial charge in [-0.1, -0.05) is 20.3 Å². The second kappa shape index (κ2) is 4.90. The maximum atomic E-state index is 12.5. The van der Waals surface area contributed by atoms with Crippen LogP contribution in [-0.4, -0.2) is 34.3 Å². The zero-order chi connectivity index (χ0) is 14.1. The molecule has 1 rings (SSSR count). The molecule has 1 atom stereocenters. The molecular formula is C14H26N2O2. The highest BCUT2D eigenvalue weighted by atomic mass is 16.2. The largest absolute Gasteiger partial charge is 0.340 e. The van der Waals surface area contributed by atoms with Gasteiger partial charge in [0.2, 0.25) is 11.8 Å². The molecule has 0 saturated carbocycles. The Morgan fingerprint density at radius 2 is 1.78 bits per heavy atom. The molecule has 0 radical (unpaired) electrons. The van der Waals surface area contributed by atoms with E-state index < -0.39 is 11.1 Å². The third kappa shape index (κ3) is 2.68. The van der Waals surface area contributed by atoms with Crippen LogP contribution >= 0.6 is 0 Å². The minimum atomic E-state index is -0.793. The molecule has 1 N–H and O–H groups in total. The normalized spacial score (nSPS) is 23.8. The first-order valence-corrected chi connectivity index (χ1v) is 6.77. The van der Waals surface area contributed by atoms with Gasteiger partial charge in [0, 0.05) is 6.54 Å². The van der Waals surface area contributed by atoms with Gasteiger partial charge in [0.15, 0.2) is 0 Å². The number of nitrogens with one attached hydrogen (secondary N) is 1. The topological polar surface area (TPSA) is 49.4 Å². The van der Waals surface area contributed by atoms with Crippen molar-refractivity contribution < 1.29 is 9.59 Å². The molecule has 0 aromatic carbocycles. The number of carbonyl (C=O) groups is 2. The van der Waals surface area contributed by atoms with Gasteiger partial charge in [-0.25, -0.2) is 0 Å². The van der Waals surface area contributed by atoms with Gasteiger partial charge >= 0.3 is 0 Å². The van der Waals surface area contributed by atoms with Gasteiger partial charge in [0.1, 0.15) is 11.1 Å². The number of rotatable bonds is 4. The predicted molar refractivity (Wildman–Crippen MR) is 72.1 cm³/mol. The maximum Gasteiger partial charge on any atom is 0.248 e. The van der Waals surface area contributed by atoms with E-state index in [0.717, 1.165) is 12.8 Å². The molecule has 0 aromatic heterocycles. The van der Waals surface area contributed by atoms with E-state index in [0.29, 0.717) is 12.5 Å². The van der Waals surface area contributed by atoms with Crippen molar-refractivity contribution in [2.24, 2.45) is 5.92 Å². The molecule has 104 valence electrons. The summed E-state index contributed by atoms with van der Waals surface area (Å²) < 4.78 is 0. The van der Waals surface area contributed by atoms with E-state index in [4.69, 9.17) is 0 Å². The highest BCUT2D eigenvalue weighted by molar-refractivity contribution is 6.01. The third-order valence-electron chi connectivity index (χ3n) is 3.71. The van der Waals surface area contributed by atoms with E-state index in [1.54, 1.807) is 18.7 Å². The van der Waals surface area contributed by atoms with Crippen molar-refractivity contribution in [2.75, 3.05) is 6.54 Å². The Balaban J connectivity index is 2.95. The van der Waals surface area contributed by atoms with Crippen LogP contribution in [0, 0.1) is 5.92 Å². The summed E-state index contributed by atoms with van der Waals surface area (Å²) in [5, 5.41) is 2.80. The summed E-state index contributed by atoms with van der Waals surface area (Å²) in [7, 11) is 0. The van der Waals surface area contributed by atoms with Crippen LogP contribution < -0.4 is 5.32 Å². The van der Waals surface area contributed by atoms with Gasteiger partial charge in [-0.15, -0.1) is 0 Å². The van der Waals surface area contributed by atoms with Crippen molar-refractivity contribution >= 4 is 11.8 Å². The fourth-order valence-electron chi connectivity index (χ4n) is 2.41. The lowest BCUT2D eigenvalue weighted by Crippen LogP contribution is -2.72. The minimum Gasteiger partial charge on any atom is -0.340 e. The van der Waals surface area contributed by atoms with Crippen LogP contribution in [0.5, 0.6) is 0 Å². The van der Waals surface area contributed by atoms with Gasteiger partial charge in [-0.2, -0.15) is 0 Å². The molecule has 1 heterocycles. The monoisotopic (exact) mass is 254 g/mol.